The molecule has 2 aromatic rings. The van der Waals surface area contributed by atoms with Gasteiger partial charge in [-0.1, -0.05) is 13.0 Å². The number of rotatable bonds is 4. The Morgan fingerprint density at radius 1 is 1.25 bits per heavy atom. The first kappa shape index (κ1) is 14.1. The number of carbonyl (C=O) groups is 1. The van der Waals surface area contributed by atoms with Crippen molar-refractivity contribution in [3.8, 4) is 11.5 Å². The van der Waals surface area contributed by atoms with Crippen LogP contribution in [0.2, 0.25) is 0 Å². The van der Waals surface area contributed by atoms with E-state index in [1.54, 1.807) is 13.1 Å². The van der Waals surface area contributed by atoms with Gasteiger partial charge in [0.15, 0.2) is 5.82 Å². The van der Waals surface area contributed by atoms with Gasteiger partial charge in [0, 0.05) is 17.6 Å². The fourth-order valence-electron chi connectivity index (χ4n) is 2.04. The Morgan fingerprint density at radius 2 is 1.90 bits per heavy atom. The van der Waals surface area contributed by atoms with Gasteiger partial charge in [-0.3, -0.25) is 9.78 Å². The summed E-state index contributed by atoms with van der Waals surface area (Å²) in [6.07, 6.45) is 2.14. The van der Waals surface area contributed by atoms with Crippen LogP contribution in [0.1, 0.15) is 23.9 Å². The van der Waals surface area contributed by atoms with E-state index in [9.17, 15) is 4.79 Å². The molecule has 0 amide bonds. The van der Waals surface area contributed by atoms with Gasteiger partial charge in [0.2, 0.25) is 0 Å². The number of hydrogen-bond acceptors (Lipinski definition) is 4. The first-order valence-electron chi connectivity index (χ1n) is 6.47. The Morgan fingerprint density at radius 3 is 2.40 bits per heavy atom. The van der Waals surface area contributed by atoms with E-state index in [2.05, 4.69) is 15.0 Å². The number of aromatic nitrogens is 3. The molecule has 5 nitrogen and oxygen atoms in total. The molecule has 1 atom stereocenters. The molecule has 0 saturated heterocycles. The molecule has 0 bridgehead atoms. The minimum atomic E-state index is -0.808. The van der Waals surface area contributed by atoms with Gasteiger partial charge in [-0.25, -0.2) is 9.97 Å². The Kier molecular flexibility index (Phi) is 4.08. The summed E-state index contributed by atoms with van der Waals surface area (Å²) in [5, 5.41) is 9.01. The number of pyridine rings is 1. The third-order valence-corrected chi connectivity index (χ3v) is 3.25. The van der Waals surface area contributed by atoms with Crippen LogP contribution >= 0.6 is 0 Å². The fraction of sp³-hybridized carbons (Fsp3) is 0.333. The van der Waals surface area contributed by atoms with Gasteiger partial charge in [0.05, 0.1) is 5.92 Å². The van der Waals surface area contributed by atoms with Crippen molar-refractivity contribution >= 4 is 5.97 Å². The molecular formula is C15H17N3O2. The molecule has 0 aromatic carbocycles. The number of nitrogens with zero attached hydrogens (tertiary/aromatic N) is 3. The van der Waals surface area contributed by atoms with Crippen LogP contribution < -0.4 is 0 Å². The highest BCUT2D eigenvalue weighted by Crippen LogP contribution is 2.19. The Labute approximate surface area is 117 Å². The molecule has 2 rings (SSSR count). The van der Waals surface area contributed by atoms with Gasteiger partial charge >= 0.3 is 5.97 Å². The topological polar surface area (TPSA) is 76.0 Å². The van der Waals surface area contributed by atoms with Gasteiger partial charge < -0.3 is 5.11 Å². The average Bonchev–Trinajstić information content (AvgIpc) is 2.43. The minimum absolute atomic E-state index is 0.440. The van der Waals surface area contributed by atoms with Gasteiger partial charge in [0.25, 0.3) is 0 Å². The molecular weight excluding hydrogens is 254 g/mol. The smallest absolute Gasteiger partial charge is 0.306 e. The maximum Gasteiger partial charge on any atom is 0.306 e. The van der Waals surface area contributed by atoms with Crippen molar-refractivity contribution in [1.82, 2.24) is 15.0 Å². The Hall–Kier alpha value is -2.30. The summed E-state index contributed by atoms with van der Waals surface area (Å²) in [7, 11) is 0. The first-order valence-corrected chi connectivity index (χ1v) is 6.47. The summed E-state index contributed by atoms with van der Waals surface area (Å²) in [4.78, 5) is 24.1. The highest BCUT2D eigenvalue weighted by molar-refractivity contribution is 5.70. The van der Waals surface area contributed by atoms with E-state index in [4.69, 9.17) is 5.11 Å². The SMILES string of the molecule is Cc1nc(-c2ccccn2)nc(C)c1CC(C)C(=O)O. The minimum Gasteiger partial charge on any atom is -0.481 e. The van der Waals surface area contributed by atoms with Gasteiger partial charge in [-0.05, 0) is 38.0 Å². The summed E-state index contributed by atoms with van der Waals surface area (Å²) in [6, 6.07) is 5.58. The van der Waals surface area contributed by atoms with Gasteiger partial charge in [-0.2, -0.15) is 0 Å². The normalized spacial score (nSPS) is 12.2. The van der Waals surface area contributed by atoms with E-state index in [1.165, 1.54) is 0 Å². The largest absolute Gasteiger partial charge is 0.481 e. The Balaban J connectivity index is 2.37. The zero-order valence-electron chi connectivity index (χ0n) is 11.8. The molecule has 2 aromatic heterocycles. The average molecular weight is 271 g/mol. The second kappa shape index (κ2) is 5.77. The van der Waals surface area contributed by atoms with E-state index < -0.39 is 11.9 Å². The second-order valence-corrected chi connectivity index (χ2v) is 4.85. The lowest BCUT2D eigenvalue weighted by Crippen LogP contribution is -2.15. The predicted molar refractivity (Wildman–Crippen MR) is 75.2 cm³/mol. The van der Waals surface area contributed by atoms with Crippen molar-refractivity contribution in [2.24, 2.45) is 5.92 Å². The molecule has 0 saturated carbocycles. The van der Waals surface area contributed by atoms with Crippen LogP contribution in [-0.2, 0) is 11.2 Å². The maximum atomic E-state index is 11.0. The molecule has 20 heavy (non-hydrogen) atoms. The molecule has 0 aliphatic carbocycles. The fourth-order valence-corrected chi connectivity index (χ4v) is 2.04. The maximum absolute atomic E-state index is 11.0. The lowest BCUT2D eigenvalue weighted by atomic mass is 9.99. The summed E-state index contributed by atoms with van der Waals surface area (Å²) in [5.41, 5.74) is 3.24. The molecule has 1 unspecified atom stereocenters. The highest BCUT2D eigenvalue weighted by atomic mass is 16.4. The van der Waals surface area contributed by atoms with Crippen molar-refractivity contribution in [2.45, 2.75) is 27.2 Å². The van der Waals surface area contributed by atoms with Crippen molar-refractivity contribution in [2.75, 3.05) is 0 Å². The highest BCUT2D eigenvalue weighted by Gasteiger charge is 2.17. The zero-order chi connectivity index (χ0) is 14.7. The standard InChI is InChI=1S/C15H17N3O2/c1-9(15(19)20)8-12-10(2)17-14(18-11(12)3)13-6-4-5-7-16-13/h4-7,9H,8H2,1-3H3,(H,19,20). The predicted octanol–water partition coefficient (Wildman–Crippen LogP) is 2.42. The Bertz CT molecular complexity index is 603. The summed E-state index contributed by atoms with van der Waals surface area (Å²) >= 11 is 0. The van der Waals surface area contributed by atoms with Crippen molar-refractivity contribution in [3.63, 3.8) is 0 Å². The third kappa shape index (κ3) is 2.99. The molecule has 104 valence electrons. The molecule has 0 aliphatic rings. The molecule has 0 fully saturated rings. The van der Waals surface area contributed by atoms with E-state index >= 15 is 0 Å². The molecule has 0 aliphatic heterocycles. The molecule has 5 heteroatoms. The van der Waals surface area contributed by atoms with Crippen LogP contribution in [0.5, 0.6) is 0 Å². The van der Waals surface area contributed by atoms with Crippen molar-refractivity contribution in [1.29, 1.82) is 0 Å². The molecule has 1 N–H and O–H groups in total. The number of aliphatic carboxylic acids is 1. The van der Waals surface area contributed by atoms with Crippen molar-refractivity contribution in [3.05, 3.63) is 41.3 Å². The summed E-state index contributed by atoms with van der Waals surface area (Å²) < 4.78 is 0. The lowest BCUT2D eigenvalue weighted by molar-refractivity contribution is -0.141. The lowest BCUT2D eigenvalue weighted by Gasteiger charge is -2.12. The van der Waals surface area contributed by atoms with Crippen LogP contribution in [0, 0.1) is 19.8 Å². The van der Waals surface area contributed by atoms with E-state index in [1.807, 2.05) is 32.0 Å². The van der Waals surface area contributed by atoms with Crippen LogP contribution in [-0.4, -0.2) is 26.0 Å². The van der Waals surface area contributed by atoms with E-state index in [0.29, 0.717) is 12.2 Å². The molecule has 0 radical (unpaired) electrons. The molecule has 2 heterocycles. The summed E-state index contributed by atoms with van der Waals surface area (Å²) in [5.74, 6) is -0.679. The monoisotopic (exact) mass is 271 g/mol. The van der Waals surface area contributed by atoms with Crippen LogP contribution in [0.15, 0.2) is 24.4 Å². The quantitative estimate of drug-likeness (QED) is 0.924. The number of carboxylic acid groups (broad SMARTS) is 1. The van der Waals surface area contributed by atoms with Crippen LogP contribution in [0.3, 0.4) is 0 Å². The van der Waals surface area contributed by atoms with E-state index in [-0.39, 0.29) is 0 Å². The number of aryl methyl sites for hydroxylation is 2. The molecule has 0 spiro atoms. The number of hydrogen-bond donors (Lipinski definition) is 1. The zero-order valence-corrected chi connectivity index (χ0v) is 11.8. The van der Waals surface area contributed by atoms with Crippen molar-refractivity contribution < 1.29 is 9.90 Å². The van der Waals surface area contributed by atoms with E-state index in [0.717, 1.165) is 22.6 Å². The van der Waals surface area contributed by atoms with Gasteiger partial charge in [-0.15, -0.1) is 0 Å². The first-order chi connectivity index (χ1) is 9.49. The van der Waals surface area contributed by atoms with Crippen LogP contribution in [0.25, 0.3) is 11.5 Å². The second-order valence-electron chi connectivity index (χ2n) is 4.85. The summed E-state index contributed by atoms with van der Waals surface area (Å²) in [6.45, 7) is 5.45. The number of carboxylic acids is 1. The van der Waals surface area contributed by atoms with Gasteiger partial charge in [0.1, 0.15) is 5.69 Å². The third-order valence-electron chi connectivity index (χ3n) is 3.25. The van der Waals surface area contributed by atoms with Crippen LogP contribution in [0.4, 0.5) is 0 Å².